The first-order valence-electron chi connectivity index (χ1n) is 12.6. The van der Waals surface area contributed by atoms with Crippen molar-refractivity contribution < 1.29 is 9.13 Å². The Morgan fingerprint density at radius 1 is 0.395 bits per heavy atom. The van der Waals surface area contributed by atoms with Crippen LogP contribution in [0.25, 0.3) is 16.7 Å². The molecule has 1 aliphatic carbocycles. The fraction of sp³-hybridized carbons (Fsp3) is 0.0286. The van der Waals surface area contributed by atoms with Gasteiger partial charge >= 0.3 is 7.68 Å². The van der Waals surface area contributed by atoms with E-state index in [4.69, 9.17) is 0 Å². The maximum absolute atomic E-state index is 13.7. The zero-order valence-corrected chi connectivity index (χ0v) is 21.6. The second-order valence-electron chi connectivity index (χ2n) is 9.31. The van der Waals surface area contributed by atoms with Gasteiger partial charge in [0, 0.05) is 5.57 Å². The van der Waals surface area contributed by atoms with E-state index >= 15 is 0 Å². The molecule has 5 aromatic rings. The summed E-state index contributed by atoms with van der Waals surface area (Å²) in [5.74, 6) is 0. The normalized spacial score (nSPS) is 14.5. The summed E-state index contributed by atoms with van der Waals surface area (Å²) in [6.07, 6.45) is 0. The summed E-state index contributed by atoms with van der Waals surface area (Å²) in [6, 6.07) is 50.3. The Hall–Kier alpha value is -4.52. The van der Waals surface area contributed by atoms with Gasteiger partial charge in [-0.05, 0) is 39.0 Å². The summed E-state index contributed by atoms with van der Waals surface area (Å²) in [6.45, 7) is 0. The SMILES string of the molecule is O=P(=O)C1=C(c2ccccc2)C(c2ccccc2)=C(c2ccccc2)C1(c1ccccc1)c1ccccc1. The molecule has 0 atom stereocenters. The number of hydrogen-bond acceptors (Lipinski definition) is 2. The summed E-state index contributed by atoms with van der Waals surface area (Å²) in [4.78, 5) is 0. The van der Waals surface area contributed by atoms with Gasteiger partial charge in [-0.2, -0.15) is 0 Å². The second kappa shape index (κ2) is 10.1. The molecular formula is C35H25O2P. The Morgan fingerprint density at radius 3 is 1.13 bits per heavy atom. The molecule has 0 N–H and O–H groups in total. The number of rotatable bonds is 6. The highest BCUT2D eigenvalue weighted by atomic mass is 31.1. The van der Waals surface area contributed by atoms with E-state index in [9.17, 15) is 9.13 Å². The quantitative estimate of drug-likeness (QED) is 0.214. The van der Waals surface area contributed by atoms with Crippen molar-refractivity contribution in [3.05, 3.63) is 185 Å². The average molecular weight is 509 g/mol. The molecule has 5 aromatic carbocycles. The smallest absolute Gasteiger partial charge is 0.232 e. The van der Waals surface area contributed by atoms with Crippen molar-refractivity contribution >= 4 is 24.4 Å². The Balaban J connectivity index is 1.91. The third kappa shape index (κ3) is 3.82. The number of allylic oxidation sites excluding steroid dienone is 4. The fourth-order valence-electron chi connectivity index (χ4n) is 5.82. The second-order valence-corrected chi connectivity index (χ2v) is 10.3. The van der Waals surface area contributed by atoms with Gasteiger partial charge in [0.25, 0.3) is 0 Å². The van der Waals surface area contributed by atoms with Crippen LogP contribution >= 0.6 is 7.68 Å². The van der Waals surface area contributed by atoms with Gasteiger partial charge in [0.05, 0.1) is 10.7 Å². The molecule has 2 nitrogen and oxygen atoms in total. The third-order valence-corrected chi connectivity index (χ3v) is 8.17. The first kappa shape index (κ1) is 23.9. The molecule has 0 spiro atoms. The van der Waals surface area contributed by atoms with Crippen LogP contribution in [0.5, 0.6) is 0 Å². The molecule has 0 unspecified atom stereocenters. The molecule has 3 heteroatoms. The van der Waals surface area contributed by atoms with E-state index in [1.165, 1.54) is 0 Å². The van der Waals surface area contributed by atoms with Crippen LogP contribution in [-0.4, -0.2) is 0 Å². The van der Waals surface area contributed by atoms with E-state index in [-0.39, 0.29) is 0 Å². The van der Waals surface area contributed by atoms with Crippen molar-refractivity contribution in [1.82, 2.24) is 0 Å². The molecule has 6 rings (SSSR count). The zero-order valence-electron chi connectivity index (χ0n) is 20.7. The molecule has 0 aromatic heterocycles. The predicted octanol–water partition coefficient (Wildman–Crippen LogP) is 9.18. The molecule has 0 radical (unpaired) electrons. The van der Waals surface area contributed by atoms with Gasteiger partial charge in [-0.15, -0.1) is 0 Å². The van der Waals surface area contributed by atoms with Gasteiger partial charge in [-0.25, -0.2) is 9.13 Å². The molecular weight excluding hydrogens is 483 g/mol. The minimum absolute atomic E-state index is 0.397. The van der Waals surface area contributed by atoms with E-state index in [2.05, 4.69) is 24.3 Å². The molecule has 1 aliphatic rings. The maximum atomic E-state index is 13.7. The average Bonchev–Trinajstić information content (AvgIpc) is 3.33. The molecule has 0 heterocycles. The van der Waals surface area contributed by atoms with Crippen LogP contribution in [0.1, 0.15) is 27.8 Å². The zero-order chi connectivity index (χ0) is 26.0. The van der Waals surface area contributed by atoms with Crippen LogP contribution in [0.3, 0.4) is 0 Å². The molecule has 0 aliphatic heterocycles. The topological polar surface area (TPSA) is 34.1 Å². The third-order valence-electron chi connectivity index (χ3n) is 7.25. The van der Waals surface area contributed by atoms with Crippen molar-refractivity contribution in [2.24, 2.45) is 0 Å². The fourth-order valence-corrected chi connectivity index (χ4v) is 6.88. The summed E-state index contributed by atoms with van der Waals surface area (Å²) < 4.78 is 27.3. The molecule has 0 fully saturated rings. The van der Waals surface area contributed by atoms with Gasteiger partial charge in [0.2, 0.25) is 0 Å². The van der Waals surface area contributed by atoms with Crippen molar-refractivity contribution in [3.8, 4) is 0 Å². The highest BCUT2D eigenvalue weighted by Gasteiger charge is 2.52. The Bertz CT molecular complexity index is 1650. The Morgan fingerprint density at radius 2 is 0.737 bits per heavy atom. The van der Waals surface area contributed by atoms with E-state index in [0.717, 1.165) is 44.5 Å². The van der Waals surface area contributed by atoms with Crippen LogP contribution in [0.2, 0.25) is 0 Å². The number of benzene rings is 5. The molecule has 38 heavy (non-hydrogen) atoms. The maximum Gasteiger partial charge on any atom is 0.346 e. The lowest BCUT2D eigenvalue weighted by Crippen LogP contribution is -2.29. The van der Waals surface area contributed by atoms with Crippen molar-refractivity contribution in [2.45, 2.75) is 5.41 Å². The van der Waals surface area contributed by atoms with E-state index < -0.39 is 13.1 Å². The first-order valence-corrected chi connectivity index (χ1v) is 13.8. The number of hydrogen-bond donors (Lipinski definition) is 0. The van der Waals surface area contributed by atoms with Crippen LogP contribution in [0, 0.1) is 0 Å². The molecule has 0 amide bonds. The lowest BCUT2D eigenvalue weighted by Gasteiger charge is -2.35. The standard InChI is InChI=1S/C35H25O2P/c36-38(37)34-32(27-18-8-2-9-19-27)31(26-16-6-1-7-17-26)33(28-20-10-3-11-21-28)35(34,29-22-12-4-13-23-29)30-24-14-5-15-25-30/h1-25H. The molecule has 0 bridgehead atoms. The van der Waals surface area contributed by atoms with Crippen LogP contribution in [0.4, 0.5) is 0 Å². The Labute approximate surface area is 223 Å². The highest BCUT2D eigenvalue weighted by molar-refractivity contribution is 7.37. The molecule has 0 saturated carbocycles. The van der Waals surface area contributed by atoms with Crippen molar-refractivity contribution in [3.63, 3.8) is 0 Å². The Kier molecular flexibility index (Phi) is 6.33. The highest BCUT2D eigenvalue weighted by Crippen LogP contribution is 2.65. The van der Waals surface area contributed by atoms with E-state index in [1.807, 2.05) is 127 Å². The van der Waals surface area contributed by atoms with Gasteiger partial charge in [-0.1, -0.05) is 152 Å². The van der Waals surface area contributed by atoms with Crippen molar-refractivity contribution in [2.75, 3.05) is 0 Å². The van der Waals surface area contributed by atoms with E-state index in [1.54, 1.807) is 0 Å². The van der Waals surface area contributed by atoms with Crippen LogP contribution in [-0.2, 0) is 14.5 Å². The summed E-state index contributed by atoms with van der Waals surface area (Å²) >= 11 is 0. The lowest BCUT2D eigenvalue weighted by molar-refractivity contribution is 0.517. The summed E-state index contributed by atoms with van der Waals surface area (Å²) in [5, 5.41) is 0.397. The molecule has 182 valence electrons. The molecule has 0 saturated heterocycles. The monoisotopic (exact) mass is 508 g/mol. The summed E-state index contributed by atoms with van der Waals surface area (Å²) in [7, 11) is -3.00. The van der Waals surface area contributed by atoms with E-state index in [0.29, 0.717) is 5.31 Å². The largest absolute Gasteiger partial charge is 0.346 e. The van der Waals surface area contributed by atoms with Gasteiger partial charge in [0.15, 0.2) is 0 Å². The first-order chi connectivity index (χ1) is 18.7. The lowest BCUT2D eigenvalue weighted by atomic mass is 9.68. The minimum Gasteiger partial charge on any atom is -0.232 e. The minimum atomic E-state index is -3.00. The predicted molar refractivity (Wildman–Crippen MR) is 155 cm³/mol. The van der Waals surface area contributed by atoms with Gasteiger partial charge < -0.3 is 0 Å². The van der Waals surface area contributed by atoms with Crippen molar-refractivity contribution in [1.29, 1.82) is 0 Å². The van der Waals surface area contributed by atoms with Crippen LogP contribution < -0.4 is 0 Å². The van der Waals surface area contributed by atoms with Crippen LogP contribution in [0.15, 0.2) is 157 Å². The van der Waals surface area contributed by atoms with Gasteiger partial charge in [-0.3, -0.25) is 0 Å². The van der Waals surface area contributed by atoms with Gasteiger partial charge in [0.1, 0.15) is 0 Å². The summed E-state index contributed by atoms with van der Waals surface area (Å²) in [5.41, 5.74) is 6.28.